The van der Waals surface area contributed by atoms with E-state index in [-0.39, 0.29) is 23.2 Å². The van der Waals surface area contributed by atoms with Gasteiger partial charge in [0.05, 0.1) is 22.2 Å². The zero-order valence-electron chi connectivity index (χ0n) is 22.8. The van der Waals surface area contributed by atoms with Crippen LogP contribution in [0.2, 0.25) is 0 Å². The van der Waals surface area contributed by atoms with Gasteiger partial charge in [-0.2, -0.15) is 0 Å². The lowest BCUT2D eigenvalue weighted by atomic mass is 9.98. The number of aromatic nitrogens is 3. The number of nitrogens with one attached hydrogen (secondary N) is 2. The maximum Gasteiger partial charge on any atom is 0.338 e. The number of thiazole rings is 1. The van der Waals surface area contributed by atoms with Gasteiger partial charge in [-0.15, -0.1) is 21.5 Å². The first-order valence-corrected chi connectivity index (χ1v) is 15.3. The third-order valence-corrected chi connectivity index (χ3v) is 8.73. The van der Waals surface area contributed by atoms with Crippen LogP contribution in [-0.4, -0.2) is 58.9 Å². The number of hydrogen-bond donors (Lipinski definition) is 2. The Labute approximate surface area is 239 Å². The maximum absolute atomic E-state index is 12.9. The van der Waals surface area contributed by atoms with Crippen LogP contribution in [-0.2, 0) is 25.8 Å². The lowest BCUT2D eigenvalue weighted by Gasteiger charge is -2.19. The summed E-state index contributed by atoms with van der Waals surface area (Å²) in [4.78, 5) is 40.8. The molecule has 2 N–H and O–H groups in total. The van der Waals surface area contributed by atoms with E-state index in [2.05, 4.69) is 25.8 Å². The molecule has 2 unspecified atom stereocenters. The molecule has 3 amide bonds. The Balaban J connectivity index is 1.45. The van der Waals surface area contributed by atoms with E-state index in [9.17, 15) is 22.8 Å². The van der Waals surface area contributed by atoms with Gasteiger partial charge in [0.15, 0.2) is 15.1 Å². The highest BCUT2D eigenvalue weighted by molar-refractivity contribution is 7.91. The Hall–Kier alpha value is -4.17. The van der Waals surface area contributed by atoms with Gasteiger partial charge in [0.2, 0.25) is 11.8 Å². The fraction of sp³-hybridized carbons (Fsp3) is 0.333. The molecule has 0 radical (unpaired) electrons. The van der Waals surface area contributed by atoms with Crippen molar-refractivity contribution in [3.63, 3.8) is 0 Å². The molecule has 14 heteroatoms. The number of benzene rings is 2. The van der Waals surface area contributed by atoms with Crippen molar-refractivity contribution >= 4 is 49.3 Å². The standard InChI is InChI=1S/C27H27N5O7S2/c1-26(2,3)39-23(33)16-8-6-7-14(11-16)15-9-10-17-18(12-15)40-22(28-17)20(41(5,36)37)21-32-31-19(38-21)13-27(4)24(34)29-25(35)30-27/h6-12,20H,13H2,1-5H3,(H2,29,30,34,35). The average Bonchev–Trinajstić information content (AvgIpc) is 3.54. The Morgan fingerprint density at radius 1 is 1.12 bits per heavy atom. The summed E-state index contributed by atoms with van der Waals surface area (Å²) in [6.07, 6.45) is 0.923. The summed E-state index contributed by atoms with van der Waals surface area (Å²) in [7, 11) is -3.81. The van der Waals surface area contributed by atoms with Crippen LogP contribution in [0, 0.1) is 0 Å². The van der Waals surface area contributed by atoms with E-state index in [0.717, 1.165) is 17.4 Å². The topological polar surface area (TPSA) is 170 Å². The van der Waals surface area contributed by atoms with E-state index in [1.807, 2.05) is 18.2 Å². The van der Waals surface area contributed by atoms with Gasteiger partial charge in [0, 0.05) is 6.26 Å². The Bertz CT molecular complexity index is 1810. The van der Waals surface area contributed by atoms with Crippen LogP contribution in [0.5, 0.6) is 0 Å². The predicted molar refractivity (Wildman–Crippen MR) is 150 cm³/mol. The van der Waals surface area contributed by atoms with E-state index in [4.69, 9.17) is 9.15 Å². The van der Waals surface area contributed by atoms with Crippen molar-refractivity contribution in [1.82, 2.24) is 25.8 Å². The van der Waals surface area contributed by atoms with Crippen molar-refractivity contribution in [2.24, 2.45) is 0 Å². The number of esters is 1. The molecule has 1 aliphatic rings. The third-order valence-electron chi connectivity index (χ3n) is 6.22. The molecule has 0 aliphatic carbocycles. The lowest BCUT2D eigenvalue weighted by molar-refractivity contribution is -0.123. The summed E-state index contributed by atoms with van der Waals surface area (Å²) in [5, 5.41) is 11.4. The molecular weight excluding hydrogens is 570 g/mol. The normalized spacial score (nSPS) is 18.3. The molecule has 4 aromatic rings. The summed E-state index contributed by atoms with van der Waals surface area (Å²) in [6, 6.07) is 11.9. The minimum atomic E-state index is -3.81. The van der Waals surface area contributed by atoms with Crippen molar-refractivity contribution in [2.45, 2.75) is 50.5 Å². The molecule has 41 heavy (non-hydrogen) atoms. The number of sulfone groups is 1. The smallest absolute Gasteiger partial charge is 0.338 e. The quantitative estimate of drug-likeness (QED) is 0.237. The number of ether oxygens (including phenoxy) is 1. The Kier molecular flexibility index (Phi) is 6.94. The highest BCUT2D eigenvalue weighted by Gasteiger charge is 2.44. The van der Waals surface area contributed by atoms with Crippen LogP contribution in [0.25, 0.3) is 21.3 Å². The average molecular weight is 598 g/mol. The number of nitrogens with zero attached hydrogens (tertiary/aromatic N) is 3. The van der Waals surface area contributed by atoms with Crippen molar-refractivity contribution in [3.05, 3.63) is 64.8 Å². The Morgan fingerprint density at radius 3 is 2.51 bits per heavy atom. The van der Waals surface area contributed by atoms with Gasteiger partial charge in [0.1, 0.15) is 16.1 Å². The number of fused-ring (bicyclic) bond motifs is 1. The second-order valence-corrected chi connectivity index (χ2v) is 14.2. The van der Waals surface area contributed by atoms with E-state index in [1.54, 1.807) is 45.0 Å². The number of amides is 3. The molecule has 2 atom stereocenters. The molecule has 12 nitrogen and oxygen atoms in total. The van der Waals surface area contributed by atoms with Gasteiger partial charge in [-0.1, -0.05) is 18.2 Å². The van der Waals surface area contributed by atoms with Gasteiger partial charge in [0.25, 0.3) is 5.91 Å². The number of carbonyl (C=O) groups excluding carboxylic acids is 3. The number of hydrogen-bond acceptors (Lipinski definition) is 11. The first kappa shape index (κ1) is 28.4. The zero-order chi connectivity index (χ0) is 29.7. The SMILES string of the molecule is CC(C)(C)OC(=O)c1cccc(-c2ccc3nc(C(c4nnc(CC5(C)NC(=O)NC5=O)o4)S(C)(=O)=O)sc3c2)c1. The van der Waals surface area contributed by atoms with Crippen molar-refractivity contribution < 1.29 is 32.0 Å². The van der Waals surface area contributed by atoms with Crippen molar-refractivity contribution in [1.29, 1.82) is 0 Å². The van der Waals surface area contributed by atoms with Crippen LogP contribution in [0.15, 0.2) is 46.9 Å². The Morgan fingerprint density at radius 2 is 1.85 bits per heavy atom. The molecule has 0 saturated carbocycles. The molecule has 214 valence electrons. The zero-order valence-corrected chi connectivity index (χ0v) is 24.5. The first-order valence-electron chi connectivity index (χ1n) is 12.5. The van der Waals surface area contributed by atoms with Crippen LogP contribution < -0.4 is 10.6 Å². The summed E-state index contributed by atoms with van der Waals surface area (Å²) in [5.41, 5.74) is 0.634. The summed E-state index contributed by atoms with van der Waals surface area (Å²) >= 11 is 1.17. The second-order valence-electron chi connectivity index (χ2n) is 11.0. The fourth-order valence-electron chi connectivity index (χ4n) is 4.32. The number of rotatable bonds is 7. The van der Waals surface area contributed by atoms with Gasteiger partial charge in [-0.25, -0.2) is 23.0 Å². The van der Waals surface area contributed by atoms with Gasteiger partial charge in [-0.05, 0) is 63.1 Å². The molecule has 1 fully saturated rings. The minimum absolute atomic E-state index is 0.0123. The van der Waals surface area contributed by atoms with Crippen LogP contribution in [0.4, 0.5) is 4.79 Å². The number of imide groups is 1. The monoisotopic (exact) mass is 597 g/mol. The predicted octanol–water partition coefficient (Wildman–Crippen LogP) is 3.58. The summed E-state index contributed by atoms with van der Waals surface area (Å²) in [5.74, 6) is -1.19. The molecule has 2 aromatic carbocycles. The van der Waals surface area contributed by atoms with Crippen LogP contribution >= 0.6 is 11.3 Å². The molecule has 2 aromatic heterocycles. The van der Waals surface area contributed by atoms with Crippen LogP contribution in [0.1, 0.15) is 60.1 Å². The first-order chi connectivity index (χ1) is 19.1. The summed E-state index contributed by atoms with van der Waals surface area (Å²) in [6.45, 7) is 6.91. The van der Waals surface area contributed by atoms with E-state index in [1.165, 1.54) is 18.3 Å². The van der Waals surface area contributed by atoms with E-state index >= 15 is 0 Å². The third kappa shape index (κ3) is 5.98. The van der Waals surface area contributed by atoms with Crippen molar-refractivity contribution in [2.75, 3.05) is 6.26 Å². The number of carbonyl (C=O) groups is 3. The highest BCUT2D eigenvalue weighted by Crippen LogP contribution is 2.37. The van der Waals surface area contributed by atoms with Gasteiger partial charge < -0.3 is 14.5 Å². The maximum atomic E-state index is 12.9. The molecular formula is C27H27N5O7S2. The molecule has 0 bridgehead atoms. The molecule has 3 heterocycles. The second kappa shape index (κ2) is 10.0. The van der Waals surface area contributed by atoms with Crippen LogP contribution in [0.3, 0.4) is 0 Å². The molecule has 1 aliphatic heterocycles. The van der Waals surface area contributed by atoms with E-state index < -0.39 is 44.1 Å². The molecule has 5 rings (SSSR count). The van der Waals surface area contributed by atoms with Gasteiger partial charge in [-0.3, -0.25) is 10.1 Å². The molecule has 1 saturated heterocycles. The summed E-state index contributed by atoms with van der Waals surface area (Å²) < 4.78 is 37.6. The van der Waals surface area contributed by atoms with Gasteiger partial charge >= 0.3 is 12.0 Å². The minimum Gasteiger partial charge on any atom is -0.456 e. The molecule has 0 spiro atoms. The van der Waals surface area contributed by atoms with E-state index in [0.29, 0.717) is 15.8 Å². The lowest BCUT2D eigenvalue weighted by Crippen LogP contribution is -2.45. The fourth-order valence-corrected chi connectivity index (χ4v) is 6.85. The van der Waals surface area contributed by atoms with Crippen molar-refractivity contribution in [3.8, 4) is 11.1 Å². The highest BCUT2D eigenvalue weighted by atomic mass is 32.2. The number of urea groups is 1. The largest absolute Gasteiger partial charge is 0.456 e.